The van der Waals surface area contributed by atoms with Gasteiger partial charge in [-0.05, 0) is 61.6 Å². The van der Waals surface area contributed by atoms with Crippen LogP contribution in [0, 0.1) is 5.82 Å². The topological polar surface area (TPSA) is 32.3 Å². The number of likely N-dealkylation sites (tertiary alicyclic amines) is 1. The van der Waals surface area contributed by atoms with Crippen molar-refractivity contribution in [2.75, 3.05) is 25.4 Å². The second-order valence-corrected chi connectivity index (χ2v) is 7.85. The lowest BCUT2D eigenvalue weighted by molar-refractivity contribution is -0.118. The van der Waals surface area contributed by atoms with E-state index in [4.69, 9.17) is 0 Å². The number of hydrogen-bond donors (Lipinski definition) is 1. The van der Waals surface area contributed by atoms with Crippen molar-refractivity contribution in [1.29, 1.82) is 0 Å². The fourth-order valence-corrected chi connectivity index (χ4v) is 4.47. The van der Waals surface area contributed by atoms with Gasteiger partial charge >= 0.3 is 0 Å². The highest BCUT2D eigenvalue weighted by Crippen LogP contribution is 2.28. The molecule has 1 N–H and O–H groups in total. The molecule has 1 aliphatic heterocycles. The van der Waals surface area contributed by atoms with Gasteiger partial charge in [0, 0.05) is 16.3 Å². The predicted molar refractivity (Wildman–Crippen MR) is 98.0 cm³/mol. The van der Waals surface area contributed by atoms with Crippen LogP contribution >= 0.6 is 23.1 Å². The molecule has 0 radical (unpaired) electrons. The van der Waals surface area contributed by atoms with Gasteiger partial charge in [0.25, 0.3) is 0 Å². The smallest absolute Gasteiger partial charge is 0.230 e. The highest BCUT2D eigenvalue weighted by atomic mass is 32.2. The molecule has 0 spiro atoms. The summed E-state index contributed by atoms with van der Waals surface area (Å²) in [6.45, 7) is 2.84. The standard InChI is InChI=1S/C18H21FN2OS2/c19-14-5-7-15(8-6-14)24-13-18(22)20-12-16(17-4-3-11-23-17)21-9-1-2-10-21/h3-8,11,16H,1-2,9-10,12-13H2,(H,20,22)/t16-/m0/s1. The number of nitrogens with one attached hydrogen (secondary N) is 1. The van der Waals surface area contributed by atoms with Crippen LogP contribution in [0.15, 0.2) is 46.7 Å². The van der Waals surface area contributed by atoms with Crippen molar-refractivity contribution in [2.45, 2.75) is 23.8 Å². The molecule has 24 heavy (non-hydrogen) atoms. The number of hydrogen-bond acceptors (Lipinski definition) is 4. The number of nitrogens with zero attached hydrogens (tertiary/aromatic N) is 1. The molecule has 0 saturated carbocycles. The minimum atomic E-state index is -0.256. The number of amides is 1. The third-order valence-corrected chi connectivity index (χ3v) is 6.11. The van der Waals surface area contributed by atoms with Gasteiger partial charge in [-0.15, -0.1) is 23.1 Å². The summed E-state index contributed by atoms with van der Waals surface area (Å²) in [5, 5.41) is 5.15. The molecule has 1 aromatic heterocycles. The highest BCUT2D eigenvalue weighted by molar-refractivity contribution is 8.00. The summed E-state index contributed by atoms with van der Waals surface area (Å²) < 4.78 is 12.9. The maximum atomic E-state index is 12.9. The van der Waals surface area contributed by atoms with E-state index in [1.165, 1.54) is 41.6 Å². The van der Waals surface area contributed by atoms with Crippen molar-refractivity contribution in [3.63, 3.8) is 0 Å². The lowest BCUT2D eigenvalue weighted by atomic mass is 10.2. The first-order valence-electron chi connectivity index (χ1n) is 8.15. The molecular weight excluding hydrogens is 343 g/mol. The molecule has 2 heterocycles. The quantitative estimate of drug-likeness (QED) is 0.756. The molecular formula is C18H21FN2OS2. The summed E-state index contributed by atoms with van der Waals surface area (Å²) in [5.41, 5.74) is 0. The van der Waals surface area contributed by atoms with Gasteiger partial charge in [-0.25, -0.2) is 4.39 Å². The molecule has 2 aromatic rings. The summed E-state index contributed by atoms with van der Waals surface area (Å²) in [6.07, 6.45) is 2.46. The Kier molecular flexibility index (Phi) is 6.29. The molecule has 1 aliphatic rings. The van der Waals surface area contributed by atoms with Crippen molar-refractivity contribution in [3.05, 3.63) is 52.5 Å². The Hall–Kier alpha value is -1.37. The number of halogens is 1. The van der Waals surface area contributed by atoms with Crippen molar-refractivity contribution in [1.82, 2.24) is 10.2 Å². The molecule has 6 heteroatoms. The predicted octanol–water partition coefficient (Wildman–Crippen LogP) is 3.93. The maximum absolute atomic E-state index is 12.9. The van der Waals surface area contributed by atoms with Crippen LogP contribution in [0.2, 0.25) is 0 Å². The van der Waals surface area contributed by atoms with Crippen molar-refractivity contribution >= 4 is 29.0 Å². The van der Waals surface area contributed by atoms with E-state index in [2.05, 4.69) is 27.7 Å². The Morgan fingerprint density at radius 1 is 1.25 bits per heavy atom. The second kappa shape index (κ2) is 8.65. The fourth-order valence-electron chi connectivity index (χ4n) is 2.89. The largest absolute Gasteiger partial charge is 0.353 e. The van der Waals surface area contributed by atoms with E-state index in [9.17, 15) is 9.18 Å². The monoisotopic (exact) mass is 364 g/mol. The Balaban J connectivity index is 1.50. The van der Waals surface area contributed by atoms with E-state index >= 15 is 0 Å². The first-order valence-corrected chi connectivity index (χ1v) is 10.0. The zero-order valence-corrected chi connectivity index (χ0v) is 15.0. The maximum Gasteiger partial charge on any atom is 0.230 e. The fraction of sp³-hybridized carbons (Fsp3) is 0.389. The van der Waals surface area contributed by atoms with Gasteiger partial charge in [-0.1, -0.05) is 6.07 Å². The lowest BCUT2D eigenvalue weighted by Crippen LogP contribution is -2.37. The van der Waals surface area contributed by atoms with Crippen LogP contribution in [0.5, 0.6) is 0 Å². The molecule has 1 amide bonds. The zero-order chi connectivity index (χ0) is 16.8. The number of thiophene rings is 1. The molecule has 3 rings (SSSR count). The van der Waals surface area contributed by atoms with Gasteiger partial charge in [0.2, 0.25) is 5.91 Å². The number of benzene rings is 1. The number of carbonyl (C=O) groups is 1. The zero-order valence-electron chi connectivity index (χ0n) is 13.4. The first-order chi connectivity index (χ1) is 11.7. The molecule has 3 nitrogen and oxygen atoms in total. The van der Waals surface area contributed by atoms with Crippen molar-refractivity contribution in [2.24, 2.45) is 0 Å². The second-order valence-electron chi connectivity index (χ2n) is 5.82. The SMILES string of the molecule is O=C(CSc1ccc(F)cc1)NC[C@@H](c1cccs1)N1CCCC1. The molecule has 0 unspecified atom stereocenters. The molecule has 128 valence electrons. The minimum absolute atomic E-state index is 0.0186. The summed E-state index contributed by atoms with van der Waals surface area (Å²) in [4.78, 5) is 16.8. The van der Waals surface area contributed by atoms with E-state index in [1.54, 1.807) is 23.5 Å². The number of rotatable bonds is 7. The Morgan fingerprint density at radius 3 is 2.67 bits per heavy atom. The van der Waals surface area contributed by atoms with E-state index in [1.807, 2.05) is 0 Å². The van der Waals surface area contributed by atoms with Crippen LogP contribution < -0.4 is 5.32 Å². The van der Waals surface area contributed by atoms with Gasteiger partial charge in [0.1, 0.15) is 5.82 Å². The summed E-state index contributed by atoms with van der Waals surface area (Å²) >= 11 is 3.18. The number of thioether (sulfide) groups is 1. The molecule has 1 atom stereocenters. The normalized spacial score (nSPS) is 16.2. The Labute approximate surface area is 150 Å². The number of carbonyl (C=O) groups excluding carboxylic acids is 1. The Morgan fingerprint density at radius 2 is 2.00 bits per heavy atom. The summed E-state index contributed by atoms with van der Waals surface area (Å²) in [6, 6.07) is 10.7. The van der Waals surface area contributed by atoms with Gasteiger partial charge < -0.3 is 5.32 Å². The van der Waals surface area contributed by atoms with Gasteiger partial charge in [-0.2, -0.15) is 0 Å². The average molecular weight is 365 g/mol. The highest BCUT2D eigenvalue weighted by Gasteiger charge is 2.24. The van der Waals surface area contributed by atoms with Gasteiger partial charge in [-0.3, -0.25) is 9.69 Å². The minimum Gasteiger partial charge on any atom is -0.353 e. The van der Waals surface area contributed by atoms with E-state index in [0.29, 0.717) is 12.3 Å². The van der Waals surface area contributed by atoms with Crippen LogP contribution in [0.3, 0.4) is 0 Å². The van der Waals surface area contributed by atoms with Crippen molar-refractivity contribution < 1.29 is 9.18 Å². The molecule has 1 saturated heterocycles. The molecule has 0 bridgehead atoms. The van der Waals surface area contributed by atoms with Crippen LogP contribution in [0.1, 0.15) is 23.8 Å². The van der Waals surface area contributed by atoms with Crippen LogP contribution in [-0.2, 0) is 4.79 Å². The Bertz CT molecular complexity index is 640. The third kappa shape index (κ3) is 4.82. The van der Waals surface area contributed by atoms with Crippen LogP contribution in [0.25, 0.3) is 0 Å². The van der Waals surface area contributed by atoms with Crippen LogP contribution in [-0.4, -0.2) is 36.2 Å². The molecule has 1 fully saturated rings. The molecule has 0 aliphatic carbocycles. The third-order valence-electron chi connectivity index (χ3n) is 4.13. The van der Waals surface area contributed by atoms with Gasteiger partial charge in [0.15, 0.2) is 0 Å². The van der Waals surface area contributed by atoms with E-state index in [0.717, 1.165) is 18.0 Å². The lowest BCUT2D eigenvalue weighted by Gasteiger charge is -2.26. The first kappa shape index (κ1) is 17.5. The van der Waals surface area contributed by atoms with E-state index < -0.39 is 0 Å². The van der Waals surface area contributed by atoms with Gasteiger partial charge in [0.05, 0.1) is 11.8 Å². The van der Waals surface area contributed by atoms with Crippen LogP contribution in [0.4, 0.5) is 4.39 Å². The van der Waals surface area contributed by atoms with E-state index in [-0.39, 0.29) is 17.8 Å². The summed E-state index contributed by atoms with van der Waals surface area (Å²) in [7, 11) is 0. The summed E-state index contributed by atoms with van der Waals surface area (Å²) in [5.74, 6) is 0.112. The average Bonchev–Trinajstić information content (AvgIpc) is 3.29. The molecule has 1 aromatic carbocycles. The van der Waals surface area contributed by atoms with Crippen molar-refractivity contribution in [3.8, 4) is 0 Å².